The van der Waals surface area contributed by atoms with Crippen molar-refractivity contribution >= 4 is 17.4 Å². The summed E-state index contributed by atoms with van der Waals surface area (Å²) in [6.07, 6.45) is 10.0. The maximum atomic E-state index is 11.7. The number of carbonyl (C=O) groups is 1. The minimum atomic E-state index is -0.340. The second-order valence-electron chi connectivity index (χ2n) is 12.6. The molecule has 2 fully saturated rings. The molecule has 0 bridgehead atoms. The fourth-order valence-corrected chi connectivity index (χ4v) is 5.62. The molecule has 0 aromatic heterocycles. The van der Waals surface area contributed by atoms with E-state index in [4.69, 9.17) is 14.2 Å². The lowest BCUT2D eigenvalue weighted by Crippen LogP contribution is -2.44. The molecule has 0 spiro atoms. The molecule has 6 rings (SSSR count). The topological polar surface area (TPSA) is 63.6 Å². The number of hydrogen-bond acceptors (Lipinski definition) is 6. The Hall–Kier alpha value is -4.26. The molecular weight excluding hydrogens is 538 g/mol. The Bertz CT molecular complexity index is 1500. The van der Waals surface area contributed by atoms with Crippen LogP contribution < -0.4 is 4.74 Å². The average Bonchev–Trinajstić information content (AvgIpc) is 3.70. The smallest absolute Gasteiger partial charge is 0.418 e. The quantitative estimate of drug-likeness (QED) is 0.257. The first-order valence-electron chi connectivity index (χ1n) is 15.2. The summed E-state index contributed by atoms with van der Waals surface area (Å²) >= 11 is 0. The van der Waals surface area contributed by atoms with Crippen molar-refractivity contribution in [1.29, 1.82) is 0 Å². The zero-order valence-corrected chi connectivity index (χ0v) is 25.5. The lowest BCUT2D eigenvalue weighted by atomic mass is 9.89. The highest BCUT2D eigenvalue weighted by molar-refractivity contribution is 6.01. The van der Waals surface area contributed by atoms with Crippen molar-refractivity contribution in [3.05, 3.63) is 107 Å². The van der Waals surface area contributed by atoms with E-state index < -0.39 is 0 Å². The van der Waals surface area contributed by atoms with Crippen LogP contribution in [0, 0.1) is 0 Å². The third kappa shape index (κ3) is 7.04. The number of cyclic esters (lactones) is 1. The number of nitrogens with zero attached hydrogens (tertiary/aromatic N) is 3. The van der Waals surface area contributed by atoms with Crippen molar-refractivity contribution in [2.24, 2.45) is 4.99 Å². The van der Waals surface area contributed by atoms with Crippen molar-refractivity contribution < 1.29 is 19.0 Å². The van der Waals surface area contributed by atoms with Crippen LogP contribution in [0.15, 0.2) is 95.5 Å². The number of aliphatic imine (C=N–C) groups is 1. The van der Waals surface area contributed by atoms with Crippen LogP contribution in [0.5, 0.6) is 5.75 Å². The molecule has 7 heteroatoms. The predicted molar refractivity (Wildman–Crippen MR) is 170 cm³/mol. The summed E-state index contributed by atoms with van der Waals surface area (Å²) in [6.45, 7) is 13.8. The fraction of sp³-hybridized carbons (Fsp3) is 0.389. The first kappa shape index (κ1) is 28.8. The Morgan fingerprint density at radius 3 is 2.53 bits per heavy atom. The van der Waals surface area contributed by atoms with Gasteiger partial charge in [-0.25, -0.2) is 9.69 Å². The van der Waals surface area contributed by atoms with Gasteiger partial charge in [0.1, 0.15) is 18.0 Å². The Balaban J connectivity index is 1.07. The van der Waals surface area contributed by atoms with E-state index in [1.165, 1.54) is 16.7 Å². The second kappa shape index (κ2) is 12.2. The SMILES string of the molecule is C=C(CC(C1=NCC=C1)c1ccc(OCc2cccc(C3=CCN(C(OC(C)(C)C)=C4CC4)CC3)c2)cc1)N1COC1=O. The zero-order chi connectivity index (χ0) is 30.0. The molecule has 1 aliphatic carbocycles. The zero-order valence-electron chi connectivity index (χ0n) is 25.5. The van der Waals surface area contributed by atoms with Crippen molar-refractivity contribution in [1.82, 2.24) is 9.80 Å². The van der Waals surface area contributed by atoms with E-state index in [-0.39, 0.29) is 24.3 Å². The van der Waals surface area contributed by atoms with Gasteiger partial charge in [0.2, 0.25) is 0 Å². The number of benzene rings is 2. The minimum absolute atomic E-state index is 0.0154. The molecule has 1 saturated heterocycles. The standard InChI is InChI=1S/C36H41N3O4/c1-25(39-24-42-35(39)40)21-32(33-9-6-18-37-33)28-12-14-31(15-13-28)41-23-26-7-5-8-30(22-26)27-16-19-38(20-17-27)34(29-10-11-29)43-36(2,3)4/h5-9,12-16,22,32H,1,10-11,17-21,23-24H2,2-4H3. The Labute approximate surface area is 254 Å². The van der Waals surface area contributed by atoms with Crippen molar-refractivity contribution in [3.8, 4) is 5.75 Å². The predicted octanol–water partition coefficient (Wildman–Crippen LogP) is 7.58. The van der Waals surface area contributed by atoms with Crippen LogP contribution >= 0.6 is 0 Å². The summed E-state index contributed by atoms with van der Waals surface area (Å²) in [5, 5.41) is 0. The normalized spacial score (nSPS) is 18.4. The van der Waals surface area contributed by atoms with E-state index in [0.717, 1.165) is 66.5 Å². The number of hydrogen-bond donors (Lipinski definition) is 0. The molecular formula is C36H41N3O4. The molecule has 4 aliphatic rings. The molecule has 2 aromatic rings. The van der Waals surface area contributed by atoms with Crippen molar-refractivity contribution in [2.75, 3.05) is 26.4 Å². The van der Waals surface area contributed by atoms with E-state index in [0.29, 0.717) is 19.6 Å². The van der Waals surface area contributed by atoms with Gasteiger partial charge in [-0.2, -0.15) is 0 Å². The molecule has 1 atom stereocenters. The van der Waals surface area contributed by atoms with Crippen LogP contribution in [-0.4, -0.2) is 53.6 Å². The second-order valence-corrected chi connectivity index (χ2v) is 12.6. The van der Waals surface area contributed by atoms with Gasteiger partial charge < -0.3 is 19.1 Å². The Kier molecular flexibility index (Phi) is 8.15. The van der Waals surface area contributed by atoms with Gasteiger partial charge in [0.25, 0.3) is 0 Å². The summed E-state index contributed by atoms with van der Waals surface area (Å²) in [5.74, 6) is 1.93. The molecule has 3 aliphatic heterocycles. The lowest BCUT2D eigenvalue weighted by molar-refractivity contribution is -0.00272. The minimum Gasteiger partial charge on any atom is -0.489 e. The maximum Gasteiger partial charge on any atom is 0.418 e. The third-order valence-electron chi connectivity index (χ3n) is 8.07. The van der Waals surface area contributed by atoms with Gasteiger partial charge in [0.05, 0.1) is 6.54 Å². The molecule has 1 amide bonds. The van der Waals surface area contributed by atoms with Crippen LogP contribution in [0.25, 0.3) is 5.57 Å². The van der Waals surface area contributed by atoms with Gasteiger partial charge in [0, 0.05) is 30.4 Å². The number of ether oxygens (including phenoxy) is 3. The molecule has 7 nitrogen and oxygen atoms in total. The average molecular weight is 580 g/mol. The van der Waals surface area contributed by atoms with Gasteiger partial charge in [-0.1, -0.05) is 49.1 Å². The Morgan fingerprint density at radius 2 is 1.93 bits per heavy atom. The molecule has 0 radical (unpaired) electrons. The molecule has 1 saturated carbocycles. The molecule has 1 unspecified atom stereocenters. The summed E-state index contributed by atoms with van der Waals surface area (Å²) in [5.41, 5.74) is 7.89. The van der Waals surface area contributed by atoms with Gasteiger partial charge in [0.15, 0.2) is 12.6 Å². The van der Waals surface area contributed by atoms with Crippen LogP contribution in [-0.2, 0) is 16.1 Å². The molecule has 224 valence electrons. The highest BCUT2D eigenvalue weighted by Crippen LogP contribution is 2.37. The maximum absolute atomic E-state index is 11.7. The van der Waals surface area contributed by atoms with Gasteiger partial charge in [-0.3, -0.25) is 4.99 Å². The van der Waals surface area contributed by atoms with E-state index in [1.54, 1.807) is 4.90 Å². The van der Waals surface area contributed by atoms with E-state index in [1.807, 2.05) is 12.1 Å². The summed E-state index contributed by atoms with van der Waals surface area (Å²) in [6, 6.07) is 16.9. The highest BCUT2D eigenvalue weighted by Gasteiger charge is 2.31. The first-order chi connectivity index (χ1) is 20.7. The van der Waals surface area contributed by atoms with Crippen molar-refractivity contribution in [2.45, 2.75) is 64.6 Å². The summed E-state index contributed by atoms with van der Waals surface area (Å²) in [7, 11) is 0. The fourth-order valence-electron chi connectivity index (χ4n) is 5.62. The van der Waals surface area contributed by atoms with Gasteiger partial charge >= 0.3 is 6.09 Å². The van der Waals surface area contributed by atoms with Crippen LogP contribution in [0.1, 0.15) is 69.1 Å². The largest absolute Gasteiger partial charge is 0.489 e. The highest BCUT2D eigenvalue weighted by atomic mass is 16.6. The molecule has 3 heterocycles. The lowest BCUT2D eigenvalue weighted by Gasteiger charge is -2.34. The van der Waals surface area contributed by atoms with E-state index in [2.05, 4.69) is 91.9 Å². The Morgan fingerprint density at radius 1 is 1.12 bits per heavy atom. The molecule has 0 N–H and O–H groups in total. The van der Waals surface area contributed by atoms with Crippen LogP contribution in [0.3, 0.4) is 0 Å². The number of carbonyl (C=O) groups excluding carboxylic acids is 1. The van der Waals surface area contributed by atoms with Gasteiger partial charge in [-0.05, 0) is 98.6 Å². The number of allylic oxidation sites excluding steroid dienone is 3. The van der Waals surface area contributed by atoms with Crippen LogP contribution in [0.4, 0.5) is 4.79 Å². The molecule has 43 heavy (non-hydrogen) atoms. The summed E-state index contributed by atoms with van der Waals surface area (Å²) < 4.78 is 17.4. The number of amides is 1. The summed E-state index contributed by atoms with van der Waals surface area (Å²) in [4.78, 5) is 20.3. The first-order valence-corrected chi connectivity index (χ1v) is 15.2. The van der Waals surface area contributed by atoms with Crippen molar-refractivity contribution in [3.63, 3.8) is 0 Å². The van der Waals surface area contributed by atoms with E-state index >= 15 is 0 Å². The van der Waals surface area contributed by atoms with E-state index in [9.17, 15) is 4.79 Å². The van der Waals surface area contributed by atoms with Crippen LogP contribution in [0.2, 0.25) is 0 Å². The monoisotopic (exact) mass is 579 g/mol. The van der Waals surface area contributed by atoms with Gasteiger partial charge in [-0.15, -0.1) is 0 Å². The third-order valence-corrected chi connectivity index (χ3v) is 8.07. The number of rotatable bonds is 11. The molecule has 2 aromatic carbocycles.